The summed E-state index contributed by atoms with van der Waals surface area (Å²) in [5.74, 6) is 0.234. The second-order valence-corrected chi connectivity index (χ2v) is 13.3. The smallest absolute Gasteiger partial charge is 0.410 e. The lowest BCUT2D eigenvalue weighted by molar-refractivity contribution is 0.0164. The highest BCUT2D eigenvalue weighted by Crippen LogP contribution is 2.33. The normalized spacial score (nSPS) is 16.5. The standard InChI is InChI=1S/C35H44FN7O4/c1-35(2,3)47-34(45)42-17-11-24(12-18-42)22-41-15-13-27(14-16-41)43-32(38)29(20-37)31(40-43)25-7-5-23(6-8-25)21-39-33(44)28-19-26(36)9-10-30(28)46-4/h5-10,19,24,27H,11-18,21-22,38H2,1-4H3,(H,39,44). The van der Waals surface area contributed by atoms with Gasteiger partial charge in [-0.2, -0.15) is 10.4 Å². The summed E-state index contributed by atoms with van der Waals surface area (Å²) in [6.07, 6.45) is 3.46. The van der Waals surface area contributed by atoms with E-state index in [1.807, 2.05) is 54.6 Å². The first-order chi connectivity index (χ1) is 22.5. The maximum absolute atomic E-state index is 13.7. The number of piperidine rings is 2. The zero-order chi connectivity index (χ0) is 33.7. The second kappa shape index (κ2) is 14.4. The SMILES string of the molecule is COc1ccc(F)cc1C(=O)NCc1ccc(-c2nn(C3CCN(CC4CCN(C(=O)OC(C)(C)C)CC4)CC3)c(N)c2C#N)cc1. The Morgan fingerprint density at radius 3 is 2.36 bits per heavy atom. The molecule has 0 bridgehead atoms. The van der Waals surface area contributed by atoms with E-state index in [1.165, 1.54) is 19.2 Å². The maximum Gasteiger partial charge on any atom is 0.410 e. The lowest BCUT2D eigenvalue weighted by atomic mass is 9.95. The number of nitrogens with one attached hydrogen (secondary N) is 1. The number of ether oxygens (including phenoxy) is 2. The zero-order valence-corrected chi connectivity index (χ0v) is 27.6. The molecule has 0 saturated carbocycles. The van der Waals surface area contributed by atoms with Gasteiger partial charge in [0.2, 0.25) is 0 Å². The van der Waals surface area contributed by atoms with E-state index in [-0.39, 0.29) is 24.2 Å². The Bertz CT molecular complexity index is 1610. The number of nitrogen functional groups attached to an aromatic ring is 1. The van der Waals surface area contributed by atoms with Crippen LogP contribution in [-0.4, -0.2) is 77.0 Å². The van der Waals surface area contributed by atoms with Crippen molar-refractivity contribution < 1.29 is 23.5 Å². The Kier molecular flexibility index (Phi) is 10.3. The predicted octanol–water partition coefficient (Wildman–Crippen LogP) is 5.37. The molecule has 47 heavy (non-hydrogen) atoms. The molecular formula is C35H44FN7O4. The molecular weight excluding hydrogens is 601 g/mol. The van der Waals surface area contributed by atoms with Gasteiger partial charge < -0.3 is 30.3 Å². The third-order valence-electron chi connectivity index (χ3n) is 8.83. The highest BCUT2D eigenvalue weighted by molar-refractivity contribution is 5.96. The van der Waals surface area contributed by atoms with Crippen molar-refractivity contribution in [2.45, 2.75) is 64.6 Å². The van der Waals surface area contributed by atoms with Gasteiger partial charge in [0.15, 0.2) is 0 Å². The molecule has 0 radical (unpaired) electrons. The first-order valence-corrected chi connectivity index (χ1v) is 16.1. The van der Waals surface area contributed by atoms with Crippen LogP contribution in [0.25, 0.3) is 11.3 Å². The Morgan fingerprint density at radius 1 is 1.06 bits per heavy atom. The first kappa shape index (κ1) is 33.7. The van der Waals surface area contributed by atoms with Crippen molar-refractivity contribution in [3.63, 3.8) is 0 Å². The van der Waals surface area contributed by atoms with Gasteiger partial charge in [-0.15, -0.1) is 0 Å². The summed E-state index contributed by atoms with van der Waals surface area (Å²) in [6, 6.07) is 13.6. The third kappa shape index (κ3) is 8.21. The summed E-state index contributed by atoms with van der Waals surface area (Å²) in [6.45, 7) is 10.2. The van der Waals surface area contributed by atoms with Crippen LogP contribution in [-0.2, 0) is 11.3 Å². The van der Waals surface area contributed by atoms with Gasteiger partial charge >= 0.3 is 6.09 Å². The van der Waals surface area contributed by atoms with E-state index in [9.17, 15) is 19.2 Å². The fourth-order valence-corrected chi connectivity index (χ4v) is 6.29. The van der Waals surface area contributed by atoms with Crippen LogP contribution >= 0.6 is 0 Å². The molecule has 2 amide bonds. The van der Waals surface area contributed by atoms with Gasteiger partial charge in [-0.3, -0.25) is 4.79 Å². The molecule has 0 spiro atoms. The summed E-state index contributed by atoms with van der Waals surface area (Å²) in [4.78, 5) is 29.4. The maximum atomic E-state index is 13.7. The highest BCUT2D eigenvalue weighted by atomic mass is 19.1. The van der Waals surface area contributed by atoms with E-state index in [4.69, 9.17) is 20.3 Å². The molecule has 2 fully saturated rings. The largest absolute Gasteiger partial charge is 0.496 e. The number of carbonyl (C=O) groups excluding carboxylic acids is 2. The molecule has 0 aliphatic carbocycles. The molecule has 2 aliphatic rings. The van der Waals surface area contributed by atoms with Crippen molar-refractivity contribution in [3.05, 3.63) is 65.0 Å². The van der Waals surface area contributed by atoms with Crippen LogP contribution in [0.2, 0.25) is 0 Å². The lowest BCUT2D eigenvalue weighted by Gasteiger charge is -2.38. The molecule has 3 heterocycles. The van der Waals surface area contributed by atoms with Crippen LogP contribution in [0.15, 0.2) is 42.5 Å². The number of aromatic nitrogens is 2. The Morgan fingerprint density at radius 2 is 1.74 bits per heavy atom. The molecule has 1 aromatic heterocycles. The molecule has 250 valence electrons. The molecule has 11 nitrogen and oxygen atoms in total. The number of nitrogens with two attached hydrogens (primary N) is 1. The third-order valence-corrected chi connectivity index (χ3v) is 8.83. The average molecular weight is 646 g/mol. The van der Waals surface area contributed by atoms with Crippen LogP contribution < -0.4 is 15.8 Å². The van der Waals surface area contributed by atoms with Crippen LogP contribution in [0, 0.1) is 23.1 Å². The topological polar surface area (TPSA) is 139 Å². The molecule has 2 aliphatic heterocycles. The van der Waals surface area contributed by atoms with E-state index in [0.717, 1.165) is 75.6 Å². The average Bonchev–Trinajstić information content (AvgIpc) is 3.39. The van der Waals surface area contributed by atoms with Gasteiger partial charge in [0.05, 0.1) is 18.7 Å². The van der Waals surface area contributed by atoms with E-state index in [1.54, 1.807) is 0 Å². The summed E-state index contributed by atoms with van der Waals surface area (Å²) in [5, 5.41) is 17.6. The Labute approximate surface area is 275 Å². The summed E-state index contributed by atoms with van der Waals surface area (Å²) >= 11 is 0. The van der Waals surface area contributed by atoms with E-state index < -0.39 is 17.3 Å². The van der Waals surface area contributed by atoms with Gasteiger partial charge in [-0.05, 0) is 76.1 Å². The fourth-order valence-electron chi connectivity index (χ4n) is 6.29. The molecule has 2 aromatic carbocycles. The summed E-state index contributed by atoms with van der Waals surface area (Å²) < 4.78 is 26.2. The number of rotatable bonds is 8. The molecule has 2 saturated heterocycles. The summed E-state index contributed by atoms with van der Waals surface area (Å²) in [5.41, 5.74) is 8.58. The molecule has 5 rings (SSSR count). The lowest BCUT2D eigenvalue weighted by Crippen LogP contribution is -2.45. The molecule has 12 heteroatoms. The number of nitriles is 1. The second-order valence-electron chi connectivity index (χ2n) is 13.3. The number of nitrogens with zero attached hydrogens (tertiary/aromatic N) is 5. The van der Waals surface area contributed by atoms with Crippen LogP contribution in [0.5, 0.6) is 5.75 Å². The van der Waals surface area contributed by atoms with Crippen molar-refractivity contribution in [1.29, 1.82) is 5.26 Å². The van der Waals surface area contributed by atoms with E-state index in [2.05, 4.69) is 16.3 Å². The number of benzene rings is 2. The minimum atomic E-state index is -0.521. The highest BCUT2D eigenvalue weighted by Gasteiger charge is 2.30. The Hall–Kier alpha value is -4.63. The van der Waals surface area contributed by atoms with Crippen molar-refractivity contribution in [2.24, 2.45) is 5.92 Å². The minimum Gasteiger partial charge on any atom is -0.496 e. The molecule has 0 unspecified atom stereocenters. The number of hydrogen-bond donors (Lipinski definition) is 2. The van der Waals surface area contributed by atoms with Crippen LogP contribution in [0.3, 0.4) is 0 Å². The number of carbonyl (C=O) groups is 2. The van der Waals surface area contributed by atoms with Crippen LogP contribution in [0.4, 0.5) is 15.0 Å². The van der Waals surface area contributed by atoms with Gasteiger partial charge in [0.1, 0.15) is 40.3 Å². The summed E-state index contributed by atoms with van der Waals surface area (Å²) in [7, 11) is 1.43. The van der Waals surface area contributed by atoms with E-state index in [0.29, 0.717) is 28.7 Å². The zero-order valence-electron chi connectivity index (χ0n) is 27.6. The molecule has 3 N–H and O–H groups in total. The van der Waals surface area contributed by atoms with Crippen molar-refractivity contribution in [2.75, 3.05) is 45.6 Å². The molecule has 3 aromatic rings. The van der Waals surface area contributed by atoms with Crippen molar-refractivity contribution in [3.8, 4) is 23.1 Å². The van der Waals surface area contributed by atoms with Crippen molar-refractivity contribution in [1.82, 2.24) is 24.9 Å². The predicted molar refractivity (Wildman–Crippen MR) is 176 cm³/mol. The number of likely N-dealkylation sites (tertiary alicyclic amines) is 2. The number of halogens is 1. The molecule has 0 atom stereocenters. The van der Waals surface area contributed by atoms with Crippen molar-refractivity contribution >= 4 is 17.8 Å². The Balaban J connectivity index is 1.15. The number of anilines is 1. The quantitative estimate of drug-likeness (QED) is 0.334. The minimum absolute atomic E-state index is 0.0930. The monoisotopic (exact) mass is 645 g/mol. The van der Waals surface area contributed by atoms with Gasteiger partial charge in [0, 0.05) is 44.8 Å². The van der Waals surface area contributed by atoms with Crippen LogP contribution in [0.1, 0.15) is 74.0 Å². The van der Waals surface area contributed by atoms with Gasteiger partial charge in [0.25, 0.3) is 5.91 Å². The number of methoxy groups -OCH3 is 1. The number of hydrogen-bond acceptors (Lipinski definition) is 8. The number of amides is 2. The van der Waals surface area contributed by atoms with Gasteiger partial charge in [-0.1, -0.05) is 24.3 Å². The van der Waals surface area contributed by atoms with E-state index >= 15 is 0 Å². The van der Waals surface area contributed by atoms with Gasteiger partial charge in [-0.25, -0.2) is 13.9 Å². The fraction of sp³-hybridized carbons (Fsp3) is 0.486. The first-order valence-electron chi connectivity index (χ1n) is 16.1.